The summed E-state index contributed by atoms with van der Waals surface area (Å²) >= 11 is 0. The van der Waals surface area contributed by atoms with Gasteiger partial charge in [0.15, 0.2) is 11.9 Å². The first-order chi connectivity index (χ1) is 17.8. The first-order valence-corrected chi connectivity index (χ1v) is 12.1. The molecule has 0 radical (unpaired) electrons. The number of carboxylic acids is 1. The molecule has 1 aliphatic rings. The van der Waals surface area contributed by atoms with Gasteiger partial charge in [0.25, 0.3) is 0 Å². The largest absolute Gasteiger partial charge is 0.480 e. The van der Waals surface area contributed by atoms with Crippen molar-refractivity contribution in [2.75, 3.05) is 19.6 Å². The Kier molecular flexibility index (Phi) is 13.3. The zero-order valence-electron chi connectivity index (χ0n) is 21.2. The van der Waals surface area contributed by atoms with Crippen LogP contribution in [0.15, 0.2) is 9.98 Å². The van der Waals surface area contributed by atoms with Crippen LogP contribution in [0.25, 0.3) is 0 Å². The fourth-order valence-electron chi connectivity index (χ4n) is 3.89. The molecule has 4 amide bonds. The van der Waals surface area contributed by atoms with Crippen molar-refractivity contribution in [3.05, 3.63) is 0 Å². The molecule has 0 aromatic rings. The molecule has 0 aromatic carbocycles. The number of hydrogen-bond donors (Lipinski definition) is 9. The fraction of sp³-hybridized carbons (Fsp3) is 0.667. The Balaban J connectivity index is 2.95. The van der Waals surface area contributed by atoms with Crippen LogP contribution in [0.5, 0.6) is 0 Å². The minimum atomic E-state index is -1.27. The minimum Gasteiger partial charge on any atom is -0.480 e. The van der Waals surface area contributed by atoms with Crippen LogP contribution in [-0.4, -0.2) is 95.3 Å². The number of aliphatic carboxylic acids is 1. The molecule has 1 saturated heterocycles. The van der Waals surface area contributed by atoms with Gasteiger partial charge in [-0.05, 0) is 38.5 Å². The van der Waals surface area contributed by atoms with Gasteiger partial charge in [-0.1, -0.05) is 0 Å². The molecule has 17 heteroatoms. The summed E-state index contributed by atoms with van der Waals surface area (Å²) in [6.45, 7) is 0.574. The number of guanidine groups is 2. The highest BCUT2D eigenvalue weighted by Gasteiger charge is 2.38. The van der Waals surface area contributed by atoms with E-state index in [0.717, 1.165) is 0 Å². The molecule has 4 atom stereocenters. The number of rotatable bonds is 16. The highest BCUT2D eigenvalue weighted by atomic mass is 16.4. The maximum Gasteiger partial charge on any atom is 0.326 e. The number of primary amides is 1. The maximum atomic E-state index is 13.1. The average molecular weight is 542 g/mol. The second-order valence-electron chi connectivity index (χ2n) is 8.82. The van der Waals surface area contributed by atoms with Gasteiger partial charge in [-0.2, -0.15) is 0 Å². The highest BCUT2D eigenvalue weighted by Crippen LogP contribution is 2.19. The van der Waals surface area contributed by atoms with Gasteiger partial charge in [0.05, 0.1) is 12.5 Å². The van der Waals surface area contributed by atoms with Gasteiger partial charge in [0.2, 0.25) is 23.6 Å². The van der Waals surface area contributed by atoms with Gasteiger partial charge in [-0.15, -0.1) is 0 Å². The van der Waals surface area contributed by atoms with Gasteiger partial charge in [-0.25, -0.2) is 4.79 Å². The predicted molar refractivity (Wildman–Crippen MR) is 138 cm³/mol. The lowest BCUT2D eigenvalue weighted by Crippen LogP contribution is -2.56. The molecule has 0 spiro atoms. The third kappa shape index (κ3) is 11.3. The van der Waals surface area contributed by atoms with E-state index in [0.29, 0.717) is 12.8 Å². The number of likely N-dealkylation sites (tertiary alicyclic amines) is 1. The molecule has 4 unspecified atom stereocenters. The zero-order chi connectivity index (χ0) is 28.8. The van der Waals surface area contributed by atoms with E-state index in [9.17, 15) is 29.1 Å². The van der Waals surface area contributed by atoms with E-state index in [1.807, 2.05) is 0 Å². The molecule has 0 saturated carbocycles. The number of carbonyl (C=O) groups is 5. The van der Waals surface area contributed by atoms with Crippen molar-refractivity contribution in [3.63, 3.8) is 0 Å². The van der Waals surface area contributed by atoms with Crippen molar-refractivity contribution >= 4 is 41.5 Å². The standard InChI is InChI=1S/C21H39N11O6/c22-11(10-15(23)33)18(36)32-9-3-6-14(32)17(35)30-12(4-1-7-28-20(24)25)16(34)31-13(19(37)38)5-2-8-29-21(26)27/h11-14H,1-10,22H2,(H2,23,33)(H,30,35)(H,31,34)(H,37,38)(H4,24,25,28)(H4,26,27,29). The predicted octanol–water partition coefficient (Wildman–Crippen LogP) is -4.66. The Labute approximate surface area is 219 Å². The van der Waals surface area contributed by atoms with E-state index < -0.39 is 53.8 Å². The number of nitrogens with two attached hydrogens (primary N) is 6. The van der Waals surface area contributed by atoms with Crippen molar-refractivity contribution in [2.24, 2.45) is 44.4 Å². The summed E-state index contributed by atoms with van der Waals surface area (Å²) in [5.74, 6) is -4.28. The van der Waals surface area contributed by atoms with Crippen LogP contribution in [0.1, 0.15) is 44.9 Å². The van der Waals surface area contributed by atoms with Crippen LogP contribution in [-0.2, 0) is 24.0 Å². The molecule has 1 fully saturated rings. The van der Waals surface area contributed by atoms with Gasteiger partial charge < -0.3 is 55.0 Å². The van der Waals surface area contributed by atoms with E-state index >= 15 is 0 Å². The van der Waals surface area contributed by atoms with E-state index in [1.165, 1.54) is 4.90 Å². The van der Waals surface area contributed by atoms with E-state index in [1.54, 1.807) is 0 Å². The molecule has 0 aliphatic carbocycles. The number of carbonyl (C=O) groups excluding carboxylic acids is 4. The lowest BCUT2D eigenvalue weighted by Gasteiger charge is -2.28. The Morgan fingerprint density at radius 2 is 1.45 bits per heavy atom. The highest BCUT2D eigenvalue weighted by molar-refractivity contribution is 5.95. The Morgan fingerprint density at radius 1 is 0.895 bits per heavy atom. The Bertz CT molecular complexity index is 917. The molecule has 1 aliphatic heterocycles. The third-order valence-electron chi connectivity index (χ3n) is 5.71. The second kappa shape index (κ2) is 15.9. The quantitative estimate of drug-likeness (QED) is 0.0508. The molecule has 0 aromatic heterocycles. The first-order valence-electron chi connectivity index (χ1n) is 12.1. The monoisotopic (exact) mass is 541 g/mol. The van der Waals surface area contributed by atoms with Crippen LogP contribution in [0, 0.1) is 0 Å². The first kappa shape index (κ1) is 31.9. The lowest BCUT2D eigenvalue weighted by molar-refractivity contribution is -0.143. The normalized spacial score (nSPS) is 17.0. The number of nitrogens with zero attached hydrogens (tertiary/aromatic N) is 3. The Morgan fingerprint density at radius 3 is 1.95 bits per heavy atom. The molecule has 0 bridgehead atoms. The topological polar surface area (TPSA) is 314 Å². The lowest BCUT2D eigenvalue weighted by atomic mass is 10.1. The summed E-state index contributed by atoms with van der Waals surface area (Å²) in [5.41, 5.74) is 32.0. The van der Waals surface area contributed by atoms with Crippen LogP contribution in [0.2, 0.25) is 0 Å². The van der Waals surface area contributed by atoms with Crippen LogP contribution >= 0.6 is 0 Å². The van der Waals surface area contributed by atoms with Crippen molar-refractivity contribution in [2.45, 2.75) is 69.1 Å². The number of hydrogen-bond acceptors (Lipinski definition) is 8. The van der Waals surface area contributed by atoms with Crippen molar-refractivity contribution < 1.29 is 29.1 Å². The van der Waals surface area contributed by atoms with E-state index in [4.69, 9.17) is 34.4 Å². The number of carboxylic acid groups (broad SMARTS) is 1. The van der Waals surface area contributed by atoms with Gasteiger partial charge in [0, 0.05) is 19.6 Å². The van der Waals surface area contributed by atoms with Gasteiger partial charge in [-0.3, -0.25) is 29.2 Å². The number of nitrogens with one attached hydrogen (secondary N) is 2. The molecule has 38 heavy (non-hydrogen) atoms. The van der Waals surface area contributed by atoms with Crippen molar-refractivity contribution in [3.8, 4) is 0 Å². The molecule has 17 nitrogen and oxygen atoms in total. The number of amides is 4. The van der Waals surface area contributed by atoms with Crippen LogP contribution in [0.4, 0.5) is 0 Å². The van der Waals surface area contributed by atoms with Gasteiger partial charge in [0.1, 0.15) is 18.1 Å². The molecule has 1 rings (SSSR count). The molecule has 214 valence electrons. The summed E-state index contributed by atoms with van der Waals surface area (Å²) in [6.07, 6.45) is 1.12. The van der Waals surface area contributed by atoms with Gasteiger partial charge >= 0.3 is 5.97 Å². The zero-order valence-corrected chi connectivity index (χ0v) is 21.2. The van der Waals surface area contributed by atoms with E-state index in [-0.39, 0.29) is 63.7 Å². The summed E-state index contributed by atoms with van der Waals surface area (Å²) in [7, 11) is 0. The van der Waals surface area contributed by atoms with Crippen molar-refractivity contribution in [1.29, 1.82) is 0 Å². The smallest absolute Gasteiger partial charge is 0.326 e. The van der Waals surface area contributed by atoms with E-state index in [2.05, 4.69) is 20.6 Å². The summed E-state index contributed by atoms with van der Waals surface area (Å²) in [4.78, 5) is 70.5. The fourth-order valence-corrected chi connectivity index (χ4v) is 3.89. The molecular weight excluding hydrogens is 502 g/mol. The third-order valence-corrected chi connectivity index (χ3v) is 5.71. The van der Waals surface area contributed by atoms with Crippen molar-refractivity contribution in [1.82, 2.24) is 15.5 Å². The summed E-state index contributed by atoms with van der Waals surface area (Å²) in [6, 6.07) is -4.53. The number of aliphatic imine (C=N–C) groups is 2. The maximum absolute atomic E-state index is 13.1. The summed E-state index contributed by atoms with van der Waals surface area (Å²) in [5, 5.41) is 14.6. The van der Waals surface area contributed by atoms with Crippen LogP contribution < -0.4 is 45.0 Å². The SMILES string of the molecule is NC(=O)CC(N)C(=O)N1CCCC1C(=O)NC(CCCN=C(N)N)C(=O)NC(CCCN=C(N)N)C(=O)O. The molecular formula is C21H39N11O6. The molecule has 1 heterocycles. The molecule has 15 N–H and O–H groups in total. The minimum absolute atomic E-state index is 0.0369. The Hall–Kier alpha value is -4.15. The van der Waals surface area contributed by atoms with Crippen LogP contribution in [0.3, 0.4) is 0 Å². The second-order valence-corrected chi connectivity index (χ2v) is 8.82. The summed E-state index contributed by atoms with van der Waals surface area (Å²) < 4.78 is 0. The average Bonchev–Trinajstić information content (AvgIpc) is 3.31.